The molecule has 0 spiro atoms. The molecular formula is C55H60O2. The first-order valence-electron chi connectivity index (χ1n) is 21.1. The molecule has 10 rings (SSSR count). The lowest BCUT2D eigenvalue weighted by molar-refractivity contribution is 0.475. The molecule has 2 aliphatic carbocycles. The van der Waals surface area contributed by atoms with Crippen LogP contribution in [0, 0.1) is 0 Å². The first kappa shape index (κ1) is 42.3. The van der Waals surface area contributed by atoms with Gasteiger partial charge in [0.05, 0.1) is 5.41 Å². The molecule has 0 bridgehead atoms. The molecule has 0 atom stereocenters. The van der Waals surface area contributed by atoms with Crippen LogP contribution in [0.1, 0.15) is 102 Å². The minimum Gasteiger partial charge on any atom is -0.508 e. The largest absolute Gasteiger partial charge is 0.508 e. The highest BCUT2D eigenvalue weighted by Crippen LogP contribution is 2.56. The second-order valence-electron chi connectivity index (χ2n) is 14.2. The first-order chi connectivity index (χ1) is 27.9. The molecule has 2 aliphatic rings. The number of hydrogen-bond donors (Lipinski definition) is 2. The van der Waals surface area contributed by atoms with Crippen LogP contribution in [0.4, 0.5) is 0 Å². The molecule has 0 radical (unpaired) electrons. The SMILES string of the molecule is CC.CC.CCC.CCC.Oc1ccc2cc(C3(c4ccc5cc(O)ccc5c4)c4ccccc4-c4ccccc43)ccc2c1.c1cc2c3c(cccc3c1)CC2. The zero-order chi connectivity index (χ0) is 41.0. The molecule has 292 valence electrons. The molecule has 0 heterocycles. The summed E-state index contributed by atoms with van der Waals surface area (Å²) in [6.07, 6.45) is 4.97. The number of hydrogen-bond acceptors (Lipinski definition) is 2. The zero-order valence-electron chi connectivity index (χ0n) is 35.2. The Morgan fingerprint density at radius 3 is 1.19 bits per heavy atom. The highest BCUT2D eigenvalue weighted by atomic mass is 16.3. The fourth-order valence-corrected chi connectivity index (χ4v) is 8.14. The Hall–Kier alpha value is -5.86. The van der Waals surface area contributed by atoms with Gasteiger partial charge in [0, 0.05) is 0 Å². The summed E-state index contributed by atoms with van der Waals surface area (Å²) in [7, 11) is 0. The minimum absolute atomic E-state index is 0.273. The highest BCUT2D eigenvalue weighted by molar-refractivity contribution is 5.93. The molecule has 2 heteroatoms. The van der Waals surface area contributed by atoms with Crippen LogP contribution in [0.5, 0.6) is 11.5 Å². The molecule has 0 saturated heterocycles. The summed E-state index contributed by atoms with van der Waals surface area (Å²) < 4.78 is 0. The molecule has 8 aromatic carbocycles. The van der Waals surface area contributed by atoms with Gasteiger partial charge in [0.25, 0.3) is 0 Å². The second kappa shape index (κ2) is 19.8. The summed E-state index contributed by atoms with van der Waals surface area (Å²) in [5.41, 5.74) is 9.96. The molecular weight excluding hydrogens is 693 g/mol. The van der Waals surface area contributed by atoms with Crippen LogP contribution < -0.4 is 0 Å². The maximum atomic E-state index is 10.0. The molecule has 2 nitrogen and oxygen atoms in total. The molecule has 0 aromatic heterocycles. The normalized spacial score (nSPS) is 12.1. The van der Waals surface area contributed by atoms with Crippen LogP contribution in [-0.2, 0) is 18.3 Å². The quantitative estimate of drug-likeness (QED) is 0.185. The standard InChI is InChI=1S/C33H22O2.C12H10.2C3H8.2C2H6/c34-27-15-11-21-17-25(13-9-23(21)19-27)33(26-14-10-24-20-28(35)16-12-22(24)18-26)31-7-3-1-5-29(31)30-6-2-4-8-32(30)33;1-3-9-4-2-6-11-8-7-10(5-1)12(9)11;2*1-3-2;2*1-2/h1-20,34-35H;1-6H,7-8H2;2*3H2,1-2H3;2*1-2H3. The van der Waals surface area contributed by atoms with E-state index in [-0.39, 0.29) is 11.5 Å². The summed E-state index contributed by atoms with van der Waals surface area (Å²) in [6.45, 7) is 16.5. The van der Waals surface area contributed by atoms with Crippen molar-refractivity contribution in [2.45, 2.75) is 86.5 Å². The Balaban J connectivity index is 0.000000232. The zero-order valence-corrected chi connectivity index (χ0v) is 35.2. The van der Waals surface area contributed by atoms with Crippen LogP contribution in [0.25, 0.3) is 43.4 Å². The monoisotopic (exact) mass is 752 g/mol. The Morgan fingerprint density at radius 2 is 0.772 bits per heavy atom. The number of aryl methyl sites for hydroxylation is 2. The fourth-order valence-electron chi connectivity index (χ4n) is 8.14. The minimum atomic E-state index is -0.495. The molecule has 0 amide bonds. The third-order valence-electron chi connectivity index (χ3n) is 10.2. The van der Waals surface area contributed by atoms with Crippen molar-refractivity contribution in [3.05, 3.63) is 191 Å². The van der Waals surface area contributed by atoms with Crippen molar-refractivity contribution < 1.29 is 10.2 Å². The third-order valence-corrected chi connectivity index (χ3v) is 10.2. The van der Waals surface area contributed by atoms with Crippen LogP contribution in [0.3, 0.4) is 0 Å². The van der Waals surface area contributed by atoms with Gasteiger partial charge in [-0.25, -0.2) is 0 Å². The molecule has 0 fully saturated rings. The van der Waals surface area contributed by atoms with Crippen LogP contribution >= 0.6 is 0 Å². The summed E-state index contributed by atoms with van der Waals surface area (Å²) in [5.74, 6) is 0.545. The van der Waals surface area contributed by atoms with E-state index in [2.05, 4.69) is 149 Å². The van der Waals surface area contributed by atoms with E-state index >= 15 is 0 Å². The molecule has 8 aromatic rings. The number of benzene rings is 8. The van der Waals surface area contributed by atoms with E-state index in [1.807, 2.05) is 52.0 Å². The predicted octanol–water partition coefficient (Wildman–Crippen LogP) is 15.6. The van der Waals surface area contributed by atoms with Crippen LogP contribution in [0.2, 0.25) is 0 Å². The summed E-state index contributed by atoms with van der Waals surface area (Å²) in [4.78, 5) is 0. The van der Waals surface area contributed by atoms with Gasteiger partial charge in [-0.15, -0.1) is 0 Å². The van der Waals surface area contributed by atoms with Crippen molar-refractivity contribution in [2.75, 3.05) is 0 Å². The first-order valence-corrected chi connectivity index (χ1v) is 21.1. The highest BCUT2D eigenvalue weighted by Gasteiger charge is 2.46. The smallest absolute Gasteiger partial charge is 0.116 e. The van der Waals surface area contributed by atoms with E-state index < -0.39 is 5.41 Å². The van der Waals surface area contributed by atoms with Crippen LogP contribution in [0.15, 0.2) is 158 Å². The average Bonchev–Trinajstić information content (AvgIpc) is 3.81. The van der Waals surface area contributed by atoms with E-state index in [1.54, 1.807) is 12.1 Å². The molecule has 0 aliphatic heterocycles. The molecule has 2 N–H and O–H groups in total. The predicted molar refractivity (Wildman–Crippen MR) is 248 cm³/mol. The van der Waals surface area contributed by atoms with E-state index in [9.17, 15) is 10.2 Å². The molecule has 57 heavy (non-hydrogen) atoms. The van der Waals surface area contributed by atoms with Crippen molar-refractivity contribution in [3.8, 4) is 22.6 Å². The van der Waals surface area contributed by atoms with Crippen molar-refractivity contribution in [3.63, 3.8) is 0 Å². The van der Waals surface area contributed by atoms with Gasteiger partial charge in [0.1, 0.15) is 11.5 Å². The van der Waals surface area contributed by atoms with Crippen molar-refractivity contribution in [1.82, 2.24) is 0 Å². The van der Waals surface area contributed by atoms with Gasteiger partial charge in [0.2, 0.25) is 0 Å². The van der Waals surface area contributed by atoms with Gasteiger partial charge < -0.3 is 10.2 Å². The average molecular weight is 753 g/mol. The van der Waals surface area contributed by atoms with Gasteiger partial charge in [-0.1, -0.05) is 190 Å². The Labute approximate surface area is 341 Å². The summed E-state index contributed by atoms with van der Waals surface area (Å²) in [5, 5.41) is 27.1. The second-order valence-corrected chi connectivity index (χ2v) is 14.2. The lowest BCUT2D eigenvalue weighted by Crippen LogP contribution is -2.28. The fraction of sp³-hybridized carbons (Fsp3) is 0.236. The number of fused-ring (bicyclic) bond motifs is 5. The molecule has 0 unspecified atom stereocenters. The summed E-state index contributed by atoms with van der Waals surface area (Å²) in [6, 6.07) is 54.8. The summed E-state index contributed by atoms with van der Waals surface area (Å²) >= 11 is 0. The van der Waals surface area contributed by atoms with Crippen molar-refractivity contribution >= 4 is 32.3 Å². The van der Waals surface area contributed by atoms with Crippen molar-refractivity contribution in [1.29, 1.82) is 0 Å². The van der Waals surface area contributed by atoms with E-state index in [0.29, 0.717) is 0 Å². The van der Waals surface area contributed by atoms with Gasteiger partial charge >= 0.3 is 0 Å². The van der Waals surface area contributed by atoms with Gasteiger partial charge in [-0.2, -0.15) is 0 Å². The number of phenolic OH excluding ortho intramolecular Hbond substituents is 2. The van der Waals surface area contributed by atoms with E-state index in [4.69, 9.17) is 0 Å². The topological polar surface area (TPSA) is 40.5 Å². The van der Waals surface area contributed by atoms with E-state index in [0.717, 1.165) is 21.5 Å². The third kappa shape index (κ3) is 8.47. The van der Waals surface area contributed by atoms with Crippen LogP contribution in [-0.4, -0.2) is 10.2 Å². The maximum absolute atomic E-state index is 10.0. The van der Waals surface area contributed by atoms with Gasteiger partial charge in [-0.05, 0) is 126 Å². The number of rotatable bonds is 2. The Morgan fingerprint density at radius 1 is 0.404 bits per heavy atom. The van der Waals surface area contributed by atoms with Gasteiger partial charge in [0.15, 0.2) is 0 Å². The number of phenols is 2. The Bertz CT molecular complexity index is 2370. The van der Waals surface area contributed by atoms with Gasteiger partial charge in [-0.3, -0.25) is 0 Å². The van der Waals surface area contributed by atoms with E-state index in [1.165, 1.54) is 81.0 Å². The Kier molecular flexibility index (Phi) is 14.7. The lowest BCUT2D eigenvalue weighted by Gasteiger charge is -2.34. The lowest BCUT2D eigenvalue weighted by atomic mass is 9.67. The maximum Gasteiger partial charge on any atom is 0.116 e. The number of aromatic hydroxyl groups is 2. The molecule has 0 saturated carbocycles. The van der Waals surface area contributed by atoms with Crippen molar-refractivity contribution in [2.24, 2.45) is 0 Å².